The van der Waals surface area contributed by atoms with Gasteiger partial charge in [0.1, 0.15) is 0 Å². The van der Waals surface area contributed by atoms with Crippen molar-refractivity contribution in [3.8, 4) is 0 Å². The van der Waals surface area contributed by atoms with Crippen molar-refractivity contribution in [2.24, 2.45) is 5.92 Å². The minimum absolute atomic E-state index is 0.860. The van der Waals surface area contributed by atoms with E-state index in [-0.39, 0.29) is 0 Å². The topological polar surface area (TPSA) is 0 Å². The molecule has 1 saturated carbocycles. The van der Waals surface area contributed by atoms with Crippen LogP contribution in [0.25, 0.3) is 0 Å². The molecule has 1 fully saturated rings. The van der Waals surface area contributed by atoms with Gasteiger partial charge in [0.2, 0.25) is 0 Å². The van der Waals surface area contributed by atoms with Gasteiger partial charge in [-0.1, -0.05) is 18.2 Å². The number of allylic oxidation sites excluding steroid dienone is 2. The summed E-state index contributed by atoms with van der Waals surface area (Å²) in [6.45, 7) is 7.76. The lowest BCUT2D eigenvalue weighted by Crippen LogP contribution is -2.06. The van der Waals surface area contributed by atoms with Gasteiger partial charge in [-0.15, -0.1) is 6.58 Å². The lowest BCUT2D eigenvalue weighted by atomic mass is 9.84. The molecular formula is C10H16. The normalized spacial score (nSPS) is 26.4. The third-order valence-electron chi connectivity index (χ3n) is 2.22. The van der Waals surface area contributed by atoms with E-state index in [1.165, 1.54) is 37.7 Å². The van der Waals surface area contributed by atoms with Crippen molar-refractivity contribution in [1.82, 2.24) is 0 Å². The second kappa shape index (κ2) is 3.60. The zero-order chi connectivity index (χ0) is 7.40. The molecular weight excluding hydrogens is 120 g/mol. The van der Waals surface area contributed by atoms with Gasteiger partial charge < -0.3 is 0 Å². The third-order valence-corrected chi connectivity index (χ3v) is 2.22. The Labute approximate surface area is 63.6 Å². The highest BCUT2D eigenvalue weighted by atomic mass is 14.2. The molecule has 0 aromatic rings. The SMILES string of the molecule is C=CCC1CCCC(=C)C1. The Morgan fingerprint density at radius 2 is 2.40 bits per heavy atom. The predicted molar refractivity (Wildman–Crippen MR) is 45.9 cm³/mol. The van der Waals surface area contributed by atoms with Crippen LogP contribution in [0.15, 0.2) is 24.8 Å². The highest BCUT2D eigenvalue weighted by Gasteiger charge is 2.13. The van der Waals surface area contributed by atoms with Crippen molar-refractivity contribution in [1.29, 1.82) is 0 Å². The first kappa shape index (κ1) is 7.59. The van der Waals surface area contributed by atoms with Gasteiger partial charge in [-0.2, -0.15) is 0 Å². The fraction of sp³-hybridized carbons (Fsp3) is 0.600. The molecule has 56 valence electrons. The van der Waals surface area contributed by atoms with Crippen LogP contribution in [0.3, 0.4) is 0 Å². The van der Waals surface area contributed by atoms with Crippen LogP contribution in [0.4, 0.5) is 0 Å². The maximum absolute atomic E-state index is 4.01. The molecule has 10 heavy (non-hydrogen) atoms. The minimum atomic E-state index is 0.860. The van der Waals surface area contributed by atoms with E-state index in [4.69, 9.17) is 0 Å². The first-order valence-corrected chi connectivity index (χ1v) is 4.10. The van der Waals surface area contributed by atoms with E-state index in [9.17, 15) is 0 Å². The molecule has 1 aliphatic carbocycles. The van der Waals surface area contributed by atoms with E-state index in [0.29, 0.717) is 0 Å². The minimum Gasteiger partial charge on any atom is -0.103 e. The molecule has 1 aliphatic rings. The summed E-state index contributed by atoms with van der Waals surface area (Å²) >= 11 is 0. The summed E-state index contributed by atoms with van der Waals surface area (Å²) in [6.07, 6.45) is 8.43. The zero-order valence-corrected chi connectivity index (χ0v) is 6.60. The molecule has 1 rings (SSSR count). The summed E-state index contributed by atoms with van der Waals surface area (Å²) in [5.41, 5.74) is 1.44. The van der Waals surface area contributed by atoms with E-state index in [1.807, 2.05) is 6.08 Å². The summed E-state index contributed by atoms with van der Waals surface area (Å²) in [6, 6.07) is 0. The van der Waals surface area contributed by atoms with E-state index in [1.54, 1.807) is 0 Å². The lowest BCUT2D eigenvalue weighted by molar-refractivity contribution is 0.424. The Kier molecular flexibility index (Phi) is 2.73. The molecule has 0 aromatic heterocycles. The van der Waals surface area contributed by atoms with Crippen LogP contribution in [-0.2, 0) is 0 Å². The van der Waals surface area contributed by atoms with E-state index in [2.05, 4.69) is 13.2 Å². The molecule has 0 heterocycles. The Morgan fingerprint density at radius 3 is 3.00 bits per heavy atom. The van der Waals surface area contributed by atoms with E-state index >= 15 is 0 Å². The maximum Gasteiger partial charge on any atom is -0.0292 e. The molecule has 0 heteroatoms. The monoisotopic (exact) mass is 136 g/mol. The van der Waals surface area contributed by atoms with Crippen LogP contribution >= 0.6 is 0 Å². The Hall–Kier alpha value is -0.520. The van der Waals surface area contributed by atoms with Gasteiger partial charge in [0, 0.05) is 0 Å². The molecule has 0 saturated heterocycles. The molecule has 0 radical (unpaired) electrons. The van der Waals surface area contributed by atoms with Gasteiger partial charge in [-0.3, -0.25) is 0 Å². The van der Waals surface area contributed by atoms with E-state index in [0.717, 1.165) is 5.92 Å². The number of hydrogen-bond acceptors (Lipinski definition) is 0. The molecule has 0 aromatic carbocycles. The summed E-state index contributed by atoms with van der Waals surface area (Å²) in [5.74, 6) is 0.860. The van der Waals surface area contributed by atoms with Gasteiger partial charge in [-0.05, 0) is 38.0 Å². The Bertz CT molecular complexity index is 133. The van der Waals surface area contributed by atoms with Crippen LogP contribution in [0, 0.1) is 5.92 Å². The molecule has 0 nitrogen and oxygen atoms in total. The molecule has 0 N–H and O–H groups in total. The average Bonchev–Trinajstić information content (AvgIpc) is 1.88. The van der Waals surface area contributed by atoms with Gasteiger partial charge in [0.05, 0.1) is 0 Å². The average molecular weight is 136 g/mol. The standard InChI is InChI=1S/C10H16/c1-3-5-10-7-4-6-9(2)8-10/h3,10H,1-2,4-8H2. The first-order valence-electron chi connectivity index (χ1n) is 4.10. The predicted octanol–water partition coefficient (Wildman–Crippen LogP) is 3.31. The van der Waals surface area contributed by atoms with Crippen molar-refractivity contribution in [2.75, 3.05) is 0 Å². The van der Waals surface area contributed by atoms with Crippen LogP contribution in [0.5, 0.6) is 0 Å². The van der Waals surface area contributed by atoms with Gasteiger partial charge >= 0.3 is 0 Å². The Balaban J connectivity index is 2.31. The van der Waals surface area contributed by atoms with Crippen LogP contribution in [0.1, 0.15) is 32.1 Å². The number of rotatable bonds is 2. The van der Waals surface area contributed by atoms with Gasteiger partial charge in [0.15, 0.2) is 0 Å². The summed E-state index contributed by atoms with van der Waals surface area (Å²) in [7, 11) is 0. The molecule has 1 atom stereocenters. The maximum atomic E-state index is 4.01. The van der Waals surface area contributed by atoms with Crippen LogP contribution in [-0.4, -0.2) is 0 Å². The molecule has 1 unspecified atom stereocenters. The van der Waals surface area contributed by atoms with Crippen molar-refractivity contribution in [3.63, 3.8) is 0 Å². The largest absolute Gasteiger partial charge is 0.103 e. The second-order valence-electron chi connectivity index (χ2n) is 3.24. The summed E-state index contributed by atoms with van der Waals surface area (Å²) in [4.78, 5) is 0. The summed E-state index contributed by atoms with van der Waals surface area (Å²) < 4.78 is 0. The van der Waals surface area contributed by atoms with Crippen molar-refractivity contribution in [2.45, 2.75) is 32.1 Å². The smallest absolute Gasteiger partial charge is 0.0292 e. The molecule has 0 bridgehead atoms. The molecule has 0 spiro atoms. The lowest BCUT2D eigenvalue weighted by Gasteiger charge is -2.21. The molecule has 0 aliphatic heterocycles. The number of hydrogen-bond donors (Lipinski definition) is 0. The fourth-order valence-corrected chi connectivity index (χ4v) is 1.69. The highest BCUT2D eigenvalue weighted by molar-refractivity contribution is 5.00. The van der Waals surface area contributed by atoms with Gasteiger partial charge in [-0.25, -0.2) is 0 Å². The molecule has 0 amide bonds. The van der Waals surface area contributed by atoms with Crippen molar-refractivity contribution < 1.29 is 0 Å². The third kappa shape index (κ3) is 2.02. The summed E-state index contributed by atoms with van der Waals surface area (Å²) in [5, 5.41) is 0. The highest BCUT2D eigenvalue weighted by Crippen LogP contribution is 2.29. The zero-order valence-electron chi connectivity index (χ0n) is 6.60. The van der Waals surface area contributed by atoms with Crippen LogP contribution in [0.2, 0.25) is 0 Å². The Morgan fingerprint density at radius 1 is 1.60 bits per heavy atom. The van der Waals surface area contributed by atoms with Crippen LogP contribution < -0.4 is 0 Å². The van der Waals surface area contributed by atoms with E-state index < -0.39 is 0 Å². The van der Waals surface area contributed by atoms with Gasteiger partial charge in [0.25, 0.3) is 0 Å². The van der Waals surface area contributed by atoms with Crippen molar-refractivity contribution in [3.05, 3.63) is 24.8 Å². The quantitative estimate of drug-likeness (QED) is 0.511. The fourth-order valence-electron chi connectivity index (χ4n) is 1.69. The first-order chi connectivity index (χ1) is 4.83. The van der Waals surface area contributed by atoms with Crippen molar-refractivity contribution >= 4 is 0 Å². The second-order valence-corrected chi connectivity index (χ2v) is 3.24.